The van der Waals surface area contributed by atoms with Gasteiger partial charge in [0.1, 0.15) is 0 Å². The van der Waals surface area contributed by atoms with Crippen molar-refractivity contribution >= 4 is 23.1 Å². The second-order valence-corrected chi connectivity index (χ2v) is 5.23. The maximum absolute atomic E-state index is 5.95. The maximum Gasteiger partial charge on any atom is 0.0553 e. The number of hydrogen-bond acceptors (Lipinski definition) is 4. The van der Waals surface area contributed by atoms with Crippen LogP contribution in [-0.2, 0) is 4.74 Å². The van der Waals surface area contributed by atoms with Gasteiger partial charge in [-0.15, -0.1) is 11.8 Å². The SMILES string of the molecule is COCCSC(c1ccsc1)C(C)N. The van der Waals surface area contributed by atoms with Gasteiger partial charge in [0.25, 0.3) is 0 Å². The summed E-state index contributed by atoms with van der Waals surface area (Å²) in [6, 6.07) is 2.34. The van der Waals surface area contributed by atoms with Gasteiger partial charge in [-0.25, -0.2) is 0 Å². The molecule has 2 unspecified atom stereocenters. The molecule has 14 heavy (non-hydrogen) atoms. The second-order valence-electron chi connectivity index (χ2n) is 3.20. The minimum Gasteiger partial charge on any atom is -0.384 e. The Morgan fingerprint density at radius 3 is 2.93 bits per heavy atom. The highest BCUT2D eigenvalue weighted by Gasteiger charge is 2.16. The lowest BCUT2D eigenvalue weighted by Gasteiger charge is -2.19. The molecule has 1 aromatic heterocycles. The first-order chi connectivity index (χ1) is 6.75. The van der Waals surface area contributed by atoms with Crippen molar-refractivity contribution in [2.45, 2.75) is 18.2 Å². The number of nitrogens with two attached hydrogens (primary N) is 1. The summed E-state index contributed by atoms with van der Waals surface area (Å²) >= 11 is 3.59. The summed E-state index contributed by atoms with van der Waals surface area (Å²) < 4.78 is 5.03. The molecular weight excluding hydrogens is 214 g/mol. The van der Waals surface area contributed by atoms with Crippen LogP contribution in [0.4, 0.5) is 0 Å². The Balaban J connectivity index is 2.48. The van der Waals surface area contributed by atoms with E-state index >= 15 is 0 Å². The average molecular weight is 231 g/mol. The number of methoxy groups -OCH3 is 1. The lowest BCUT2D eigenvalue weighted by molar-refractivity contribution is 0.218. The van der Waals surface area contributed by atoms with Crippen molar-refractivity contribution < 1.29 is 4.74 Å². The quantitative estimate of drug-likeness (QED) is 0.764. The maximum atomic E-state index is 5.95. The first-order valence-corrected chi connectivity index (χ1v) is 6.63. The number of ether oxygens (including phenoxy) is 1. The summed E-state index contributed by atoms with van der Waals surface area (Å²) in [5, 5.41) is 4.67. The zero-order valence-corrected chi connectivity index (χ0v) is 10.2. The molecule has 80 valence electrons. The molecule has 2 N–H and O–H groups in total. The van der Waals surface area contributed by atoms with Crippen LogP contribution in [0.2, 0.25) is 0 Å². The van der Waals surface area contributed by atoms with Gasteiger partial charge in [0.15, 0.2) is 0 Å². The van der Waals surface area contributed by atoms with Crippen LogP contribution in [0.15, 0.2) is 16.8 Å². The van der Waals surface area contributed by atoms with Gasteiger partial charge >= 0.3 is 0 Å². The van der Waals surface area contributed by atoms with Crippen molar-refractivity contribution in [1.82, 2.24) is 0 Å². The third kappa shape index (κ3) is 3.61. The normalized spacial score (nSPS) is 15.4. The molecule has 0 bridgehead atoms. The van der Waals surface area contributed by atoms with Crippen molar-refractivity contribution in [3.63, 3.8) is 0 Å². The number of thiophene rings is 1. The third-order valence-corrected chi connectivity index (χ3v) is 4.10. The van der Waals surface area contributed by atoms with Gasteiger partial charge in [-0.1, -0.05) is 0 Å². The fourth-order valence-electron chi connectivity index (χ4n) is 1.25. The summed E-state index contributed by atoms with van der Waals surface area (Å²) in [6.07, 6.45) is 0. The Hall–Kier alpha value is -0.0300. The fourth-order valence-corrected chi connectivity index (χ4v) is 3.19. The minimum absolute atomic E-state index is 0.187. The van der Waals surface area contributed by atoms with E-state index in [1.54, 1.807) is 18.4 Å². The average Bonchev–Trinajstić information content (AvgIpc) is 2.64. The molecule has 4 heteroatoms. The second kappa shape index (κ2) is 6.45. The molecule has 0 fully saturated rings. The topological polar surface area (TPSA) is 35.2 Å². The number of hydrogen-bond donors (Lipinski definition) is 1. The molecule has 0 aromatic carbocycles. The van der Waals surface area contributed by atoms with Gasteiger partial charge in [0.2, 0.25) is 0 Å². The molecule has 2 atom stereocenters. The van der Waals surface area contributed by atoms with Crippen LogP contribution in [0.25, 0.3) is 0 Å². The Bertz CT molecular complexity index is 236. The molecule has 0 spiro atoms. The Labute approximate surface area is 93.8 Å². The molecule has 0 amide bonds. The monoisotopic (exact) mass is 231 g/mol. The molecule has 0 aliphatic rings. The Morgan fingerprint density at radius 2 is 2.43 bits per heavy atom. The van der Waals surface area contributed by atoms with Crippen LogP contribution in [0.3, 0.4) is 0 Å². The highest BCUT2D eigenvalue weighted by atomic mass is 32.2. The standard InChI is InChI=1S/C10H17NOS2/c1-8(11)10(14-6-4-12-2)9-3-5-13-7-9/h3,5,7-8,10H,4,6,11H2,1-2H3. The molecule has 0 saturated heterocycles. The predicted octanol–water partition coefficient (Wildman–Crippen LogP) is 2.52. The lowest BCUT2D eigenvalue weighted by atomic mass is 10.1. The zero-order chi connectivity index (χ0) is 10.4. The van der Waals surface area contributed by atoms with Crippen molar-refractivity contribution in [2.24, 2.45) is 5.73 Å². The molecule has 0 saturated carbocycles. The molecule has 0 radical (unpaired) electrons. The summed E-state index contributed by atoms with van der Waals surface area (Å²) in [6.45, 7) is 2.85. The zero-order valence-electron chi connectivity index (χ0n) is 8.60. The fraction of sp³-hybridized carbons (Fsp3) is 0.600. The van der Waals surface area contributed by atoms with Crippen molar-refractivity contribution in [3.05, 3.63) is 22.4 Å². The lowest BCUT2D eigenvalue weighted by Crippen LogP contribution is -2.22. The first-order valence-electron chi connectivity index (χ1n) is 4.64. The molecule has 0 aliphatic carbocycles. The highest BCUT2D eigenvalue weighted by molar-refractivity contribution is 7.99. The molecule has 1 aromatic rings. The van der Waals surface area contributed by atoms with Crippen LogP contribution in [-0.4, -0.2) is 25.5 Å². The summed E-state index contributed by atoms with van der Waals surface area (Å²) in [4.78, 5) is 0. The molecule has 1 heterocycles. The minimum atomic E-state index is 0.187. The largest absolute Gasteiger partial charge is 0.384 e. The van der Waals surface area contributed by atoms with Gasteiger partial charge in [0, 0.05) is 24.2 Å². The molecule has 1 rings (SSSR count). The van der Waals surface area contributed by atoms with E-state index in [1.807, 2.05) is 11.8 Å². The molecule has 0 aliphatic heterocycles. The summed E-state index contributed by atoms with van der Waals surface area (Å²) in [5.74, 6) is 0.999. The Morgan fingerprint density at radius 1 is 1.64 bits per heavy atom. The summed E-state index contributed by atoms with van der Waals surface area (Å²) in [7, 11) is 1.73. The van der Waals surface area contributed by atoms with Crippen LogP contribution in [0.1, 0.15) is 17.7 Å². The van der Waals surface area contributed by atoms with Crippen LogP contribution < -0.4 is 5.73 Å². The van der Waals surface area contributed by atoms with Gasteiger partial charge in [-0.3, -0.25) is 0 Å². The van der Waals surface area contributed by atoms with Crippen molar-refractivity contribution in [2.75, 3.05) is 19.5 Å². The third-order valence-electron chi connectivity index (χ3n) is 1.93. The molecule has 2 nitrogen and oxygen atoms in total. The molecular formula is C10H17NOS2. The van der Waals surface area contributed by atoms with E-state index in [0.717, 1.165) is 12.4 Å². The van der Waals surface area contributed by atoms with E-state index in [2.05, 4.69) is 23.8 Å². The summed E-state index contributed by atoms with van der Waals surface area (Å²) in [5.41, 5.74) is 7.29. The number of rotatable bonds is 6. The smallest absolute Gasteiger partial charge is 0.0553 e. The first kappa shape index (κ1) is 12.0. The van der Waals surface area contributed by atoms with Gasteiger partial charge in [0.05, 0.1) is 6.61 Å². The van der Waals surface area contributed by atoms with E-state index in [4.69, 9.17) is 10.5 Å². The van der Waals surface area contributed by atoms with Crippen LogP contribution in [0.5, 0.6) is 0 Å². The van der Waals surface area contributed by atoms with Gasteiger partial charge in [-0.2, -0.15) is 11.3 Å². The predicted molar refractivity (Wildman–Crippen MR) is 65.0 cm³/mol. The van der Waals surface area contributed by atoms with Crippen LogP contribution in [0, 0.1) is 0 Å². The van der Waals surface area contributed by atoms with E-state index in [1.165, 1.54) is 5.56 Å². The van der Waals surface area contributed by atoms with E-state index in [9.17, 15) is 0 Å². The number of thioether (sulfide) groups is 1. The van der Waals surface area contributed by atoms with Gasteiger partial charge in [-0.05, 0) is 29.3 Å². The van der Waals surface area contributed by atoms with E-state index in [-0.39, 0.29) is 6.04 Å². The van der Waals surface area contributed by atoms with E-state index in [0.29, 0.717) is 5.25 Å². The van der Waals surface area contributed by atoms with Crippen molar-refractivity contribution in [3.8, 4) is 0 Å². The van der Waals surface area contributed by atoms with Crippen molar-refractivity contribution in [1.29, 1.82) is 0 Å². The van der Waals surface area contributed by atoms with Crippen LogP contribution >= 0.6 is 23.1 Å². The van der Waals surface area contributed by atoms with E-state index < -0.39 is 0 Å². The Kier molecular flexibility index (Phi) is 5.55. The van der Waals surface area contributed by atoms with Gasteiger partial charge < -0.3 is 10.5 Å². The highest BCUT2D eigenvalue weighted by Crippen LogP contribution is 2.32.